The molecule has 7 heteroatoms. The minimum Gasteiger partial charge on any atom is -0.352 e. The molecular formula is C23H28ClFN2O2S. The fourth-order valence-corrected chi connectivity index (χ4v) is 4.00. The molecule has 2 aromatic carbocycles. The molecule has 2 rings (SSSR count). The van der Waals surface area contributed by atoms with E-state index in [9.17, 15) is 14.0 Å². The van der Waals surface area contributed by atoms with E-state index in [4.69, 9.17) is 11.6 Å². The molecular weight excluding hydrogens is 423 g/mol. The van der Waals surface area contributed by atoms with Gasteiger partial charge in [0.05, 0.1) is 5.75 Å². The first-order valence-electron chi connectivity index (χ1n) is 9.97. The Bertz CT molecular complexity index is 865. The Morgan fingerprint density at radius 2 is 1.73 bits per heavy atom. The van der Waals surface area contributed by atoms with Crippen molar-refractivity contribution in [3.05, 3.63) is 70.5 Å². The molecule has 1 N–H and O–H groups in total. The van der Waals surface area contributed by atoms with E-state index in [0.29, 0.717) is 16.3 Å². The van der Waals surface area contributed by atoms with E-state index in [1.807, 2.05) is 38.1 Å². The van der Waals surface area contributed by atoms with Gasteiger partial charge in [0.2, 0.25) is 11.8 Å². The van der Waals surface area contributed by atoms with E-state index in [1.54, 1.807) is 25.1 Å². The molecule has 0 unspecified atom stereocenters. The van der Waals surface area contributed by atoms with Crippen LogP contribution in [-0.4, -0.2) is 34.6 Å². The lowest BCUT2D eigenvalue weighted by atomic mass is 10.1. The van der Waals surface area contributed by atoms with Gasteiger partial charge in [0, 0.05) is 28.9 Å². The minimum atomic E-state index is -0.716. The SMILES string of the molecule is CC[C@@H](C)NC(=O)[C@H](C)N(Cc1ccccc1F)C(=O)CSCc1ccccc1Cl. The van der Waals surface area contributed by atoms with Crippen LogP contribution in [0.15, 0.2) is 48.5 Å². The van der Waals surface area contributed by atoms with Crippen LogP contribution in [0.4, 0.5) is 4.39 Å². The number of benzene rings is 2. The Labute approximate surface area is 187 Å². The maximum Gasteiger partial charge on any atom is 0.242 e. The Kier molecular flexibility index (Phi) is 9.66. The van der Waals surface area contributed by atoms with Gasteiger partial charge in [-0.2, -0.15) is 0 Å². The number of hydrogen-bond donors (Lipinski definition) is 1. The highest BCUT2D eigenvalue weighted by Crippen LogP contribution is 2.22. The normalized spacial score (nSPS) is 12.8. The number of carbonyl (C=O) groups excluding carboxylic acids is 2. The van der Waals surface area contributed by atoms with Gasteiger partial charge in [-0.25, -0.2) is 4.39 Å². The molecule has 30 heavy (non-hydrogen) atoms. The highest BCUT2D eigenvalue weighted by Gasteiger charge is 2.27. The Hall–Kier alpha value is -2.05. The topological polar surface area (TPSA) is 49.4 Å². The van der Waals surface area contributed by atoms with Gasteiger partial charge in [-0.3, -0.25) is 9.59 Å². The Morgan fingerprint density at radius 1 is 1.10 bits per heavy atom. The van der Waals surface area contributed by atoms with Crippen LogP contribution in [0.25, 0.3) is 0 Å². The number of carbonyl (C=O) groups is 2. The molecule has 0 bridgehead atoms. The van der Waals surface area contributed by atoms with Crippen LogP contribution in [0.2, 0.25) is 5.02 Å². The zero-order valence-corrected chi connectivity index (χ0v) is 19.1. The smallest absolute Gasteiger partial charge is 0.242 e. The summed E-state index contributed by atoms with van der Waals surface area (Å²) < 4.78 is 14.2. The number of thioether (sulfide) groups is 1. The quantitative estimate of drug-likeness (QED) is 0.551. The first-order valence-corrected chi connectivity index (χ1v) is 11.5. The van der Waals surface area contributed by atoms with Gasteiger partial charge in [-0.15, -0.1) is 11.8 Å². The number of halogens is 2. The zero-order valence-electron chi connectivity index (χ0n) is 17.5. The second-order valence-corrected chi connectivity index (χ2v) is 8.58. The molecule has 4 nitrogen and oxygen atoms in total. The fourth-order valence-electron chi connectivity index (χ4n) is 2.80. The highest BCUT2D eigenvalue weighted by molar-refractivity contribution is 7.99. The van der Waals surface area contributed by atoms with Crippen molar-refractivity contribution in [2.45, 2.75) is 51.6 Å². The summed E-state index contributed by atoms with van der Waals surface area (Å²) in [5.74, 6) is -0.117. The maximum atomic E-state index is 14.2. The summed E-state index contributed by atoms with van der Waals surface area (Å²) in [5, 5.41) is 3.56. The van der Waals surface area contributed by atoms with Gasteiger partial charge < -0.3 is 10.2 Å². The number of nitrogens with one attached hydrogen (secondary N) is 1. The molecule has 162 valence electrons. The lowest BCUT2D eigenvalue weighted by molar-refractivity contribution is -0.139. The van der Waals surface area contributed by atoms with Crippen LogP contribution >= 0.6 is 23.4 Å². The molecule has 0 spiro atoms. The average molecular weight is 451 g/mol. The highest BCUT2D eigenvalue weighted by atomic mass is 35.5. The van der Waals surface area contributed by atoms with Crippen LogP contribution in [0.3, 0.4) is 0 Å². The van der Waals surface area contributed by atoms with Gasteiger partial charge in [-0.05, 0) is 38.0 Å². The van der Waals surface area contributed by atoms with Crippen LogP contribution in [0, 0.1) is 5.82 Å². The van der Waals surface area contributed by atoms with Crippen molar-refractivity contribution >= 4 is 35.2 Å². The zero-order chi connectivity index (χ0) is 22.1. The molecule has 0 saturated heterocycles. The molecule has 0 saturated carbocycles. The third-order valence-corrected chi connectivity index (χ3v) is 6.24. The van der Waals surface area contributed by atoms with E-state index < -0.39 is 11.9 Å². The molecule has 0 heterocycles. The Balaban J connectivity index is 2.10. The number of hydrogen-bond acceptors (Lipinski definition) is 3. The van der Waals surface area contributed by atoms with Crippen LogP contribution in [0.1, 0.15) is 38.3 Å². The van der Waals surface area contributed by atoms with Crippen molar-refractivity contribution in [2.24, 2.45) is 0 Å². The molecule has 2 aromatic rings. The summed E-state index contributed by atoms with van der Waals surface area (Å²) in [4.78, 5) is 27.1. The number of rotatable bonds is 10. The molecule has 0 radical (unpaired) electrons. The molecule has 0 aliphatic carbocycles. The van der Waals surface area contributed by atoms with Gasteiger partial charge in [0.15, 0.2) is 0 Å². The first kappa shape index (κ1) is 24.2. The predicted octanol–water partition coefficient (Wildman–Crippen LogP) is 5.04. The second kappa shape index (κ2) is 12.0. The molecule has 2 atom stereocenters. The predicted molar refractivity (Wildman–Crippen MR) is 122 cm³/mol. The molecule has 0 fully saturated rings. The third kappa shape index (κ3) is 7.03. The monoisotopic (exact) mass is 450 g/mol. The van der Waals surface area contributed by atoms with Crippen LogP contribution in [-0.2, 0) is 21.9 Å². The van der Waals surface area contributed by atoms with Crippen molar-refractivity contribution in [1.29, 1.82) is 0 Å². The lowest BCUT2D eigenvalue weighted by Crippen LogP contribution is -2.50. The summed E-state index contributed by atoms with van der Waals surface area (Å²) in [5.41, 5.74) is 1.32. The van der Waals surface area contributed by atoms with Crippen molar-refractivity contribution < 1.29 is 14.0 Å². The molecule has 0 aliphatic rings. The van der Waals surface area contributed by atoms with Crippen molar-refractivity contribution in [3.63, 3.8) is 0 Å². The van der Waals surface area contributed by atoms with Crippen LogP contribution < -0.4 is 5.32 Å². The lowest BCUT2D eigenvalue weighted by Gasteiger charge is -2.29. The van der Waals surface area contributed by atoms with E-state index >= 15 is 0 Å². The summed E-state index contributed by atoms with van der Waals surface area (Å²) >= 11 is 7.60. The fraction of sp³-hybridized carbons (Fsp3) is 0.391. The molecule has 0 aromatic heterocycles. The average Bonchev–Trinajstić information content (AvgIpc) is 2.73. The van der Waals surface area contributed by atoms with E-state index in [0.717, 1.165) is 12.0 Å². The number of amides is 2. The number of nitrogens with zero attached hydrogens (tertiary/aromatic N) is 1. The minimum absolute atomic E-state index is 0.0000362. The maximum absolute atomic E-state index is 14.2. The summed E-state index contributed by atoms with van der Waals surface area (Å²) in [7, 11) is 0. The van der Waals surface area contributed by atoms with Crippen molar-refractivity contribution in [3.8, 4) is 0 Å². The van der Waals surface area contributed by atoms with E-state index in [-0.39, 0.29) is 30.2 Å². The van der Waals surface area contributed by atoms with Gasteiger partial charge >= 0.3 is 0 Å². The van der Waals surface area contributed by atoms with Gasteiger partial charge in [-0.1, -0.05) is 54.9 Å². The standard InChI is InChI=1S/C23H28ClFN2O2S/c1-4-16(2)26-23(29)17(3)27(13-18-9-6-8-12-21(18)25)22(28)15-30-14-19-10-5-7-11-20(19)24/h5-12,16-17H,4,13-15H2,1-3H3,(H,26,29)/t16-,17+/m1/s1. The van der Waals surface area contributed by atoms with E-state index in [1.165, 1.54) is 22.7 Å². The van der Waals surface area contributed by atoms with Gasteiger partial charge in [0.1, 0.15) is 11.9 Å². The summed E-state index contributed by atoms with van der Waals surface area (Å²) in [6, 6.07) is 13.1. The van der Waals surface area contributed by atoms with Gasteiger partial charge in [0.25, 0.3) is 0 Å². The third-order valence-electron chi connectivity index (χ3n) is 4.91. The van der Waals surface area contributed by atoms with Crippen LogP contribution in [0.5, 0.6) is 0 Å². The summed E-state index contributed by atoms with van der Waals surface area (Å²) in [6.07, 6.45) is 0.785. The second-order valence-electron chi connectivity index (χ2n) is 7.19. The Morgan fingerprint density at radius 3 is 2.37 bits per heavy atom. The summed E-state index contributed by atoms with van der Waals surface area (Å²) in [6.45, 7) is 5.60. The van der Waals surface area contributed by atoms with Crippen molar-refractivity contribution in [2.75, 3.05) is 5.75 Å². The molecule has 2 amide bonds. The van der Waals surface area contributed by atoms with E-state index in [2.05, 4.69) is 5.32 Å². The largest absolute Gasteiger partial charge is 0.352 e. The van der Waals surface area contributed by atoms with Crippen molar-refractivity contribution in [1.82, 2.24) is 10.2 Å². The molecule has 0 aliphatic heterocycles. The first-order chi connectivity index (χ1) is 14.3.